The lowest BCUT2D eigenvalue weighted by molar-refractivity contribution is 0.838. The maximum atomic E-state index is 4.74. The molecule has 0 radical (unpaired) electrons. The molecule has 28 heavy (non-hydrogen) atoms. The van der Waals surface area contributed by atoms with E-state index in [0.717, 1.165) is 43.6 Å². The van der Waals surface area contributed by atoms with Gasteiger partial charge in [-0.1, -0.05) is 17.7 Å². The van der Waals surface area contributed by atoms with Crippen LogP contribution in [-0.2, 0) is 0 Å². The zero-order chi connectivity index (χ0) is 19.5. The number of hydrogen-bond acceptors (Lipinski definition) is 7. The number of aromatic nitrogens is 3. The molecule has 0 amide bonds. The van der Waals surface area contributed by atoms with E-state index < -0.39 is 0 Å². The van der Waals surface area contributed by atoms with Crippen molar-refractivity contribution in [3.63, 3.8) is 0 Å². The Morgan fingerprint density at radius 3 is 1.82 bits per heavy atom. The molecule has 2 aromatic rings. The van der Waals surface area contributed by atoms with E-state index in [2.05, 4.69) is 63.2 Å². The van der Waals surface area contributed by atoms with Crippen molar-refractivity contribution >= 4 is 24.1 Å². The molecule has 0 bridgehead atoms. The van der Waals surface area contributed by atoms with E-state index >= 15 is 0 Å². The molecule has 0 saturated carbocycles. The molecule has 0 unspecified atom stereocenters. The summed E-state index contributed by atoms with van der Waals surface area (Å²) in [4.78, 5) is 18.5. The summed E-state index contributed by atoms with van der Waals surface area (Å²) >= 11 is 0. The average molecular weight is 380 g/mol. The fourth-order valence-corrected chi connectivity index (χ4v) is 4.07. The molecule has 2 aliphatic heterocycles. The monoisotopic (exact) mass is 379 g/mol. The van der Waals surface area contributed by atoms with Gasteiger partial charge in [-0.2, -0.15) is 20.1 Å². The second kappa shape index (κ2) is 8.12. The van der Waals surface area contributed by atoms with Gasteiger partial charge in [-0.25, -0.2) is 5.43 Å². The van der Waals surface area contributed by atoms with Crippen molar-refractivity contribution in [3.8, 4) is 0 Å². The van der Waals surface area contributed by atoms with E-state index in [0.29, 0.717) is 5.95 Å². The number of hydrogen-bond donors (Lipinski definition) is 1. The van der Waals surface area contributed by atoms with Crippen molar-refractivity contribution in [3.05, 3.63) is 34.4 Å². The first kappa shape index (κ1) is 18.7. The summed E-state index contributed by atoms with van der Waals surface area (Å²) in [6, 6.07) is 4.35. The van der Waals surface area contributed by atoms with Crippen LogP contribution in [0.1, 0.15) is 47.9 Å². The Hall–Kier alpha value is -2.70. The van der Waals surface area contributed by atoms with Crippen LogP contribution in [-0.4, -0.2) is 47.3 Å². The zero-order valence-electron chi connectivity index (χ0n) is 17.1. The standard InChI is InChI=1S/C21H29N7/c1-15-12-16(2)18(17(3)13-15)14-22-26-19-23-20(27-8-4-5-9-27)25-21(24-19)28-10-6-7-11-28/h12-14H,4-11H2,1-3H3,(H,23,24,25,26). The van der Waals surface area contributed by atoms with E-state index in [-0.39, 0.29) is 0 Å². The molecule has 2 aliphatic rings. The number of nitrogens with zero attached hydrogens (tertiary/aromatic N) is 6. The topological polar surface area (TPSA) is 69.5 Å². The van der Waals surface area contributed by atoms with Crippen molar-refractivity contribution in [1.82, 2.24) is 15.0 Å². The second-order valence-electron chi connectivity index (χ2n) is 7.83. The van der Waals surface area contributed by atoms with Crippen LogP contribution in [0.15, 0.2) is 17.2 Å². The van der Waals surface area contributed by atoms with Crippen molar-refractivity contribution in [1.29, 1.82) is 0 Å². The van der Waals surface area contributed by atoms with Crippen molar-refractivity contribution < 1.29 is 0 Å². The van der Waals surface area contributed by atoms with Crippen LogP contribution < -0.4 is 15.2 Å². The van der Waals surface area contributed by atoms with Gasteiger partial charge < -0.3 is 9.80 Å². The van der Waals surface area contributed by atoms with Gasteiger partial charge in [0.25, 0.3) is 0 Å². The molecule has 7 heteroatoms. The molecule has 4 rings (SSSR count). The van der Waals surface area contributed by atoms with Gasteiger partial charge in [0, 0.05) is 31.7 Å². The quantitative estimate of drug-likeness (QED) is 0.634. The summed E-state index contributed by atoms with van der Waals surface area (Å²) in [6.07, 6.45) is 6.63. The van der Waals surface area contributed by atoms with Gasteiger partial charge in [0.1, 0.15) is 0 Å². The molecular weight excluding hydrogens is 350 g/mol. The van der Waals surface area contributed by atoms with Crippen LogP contribution in [0.5, 0.6) is 0 Å². The maximum Gasteiger partial charge on any atom is 0.250 e. The summed E-state index contributed by atoms with van der Waals surface area (Å²) in [7, 11) is 0. The highest BCUT2D eigenvalue weighted by atomic mass is 15.4. The first-order valence-corrected chi connectivity index (χ1v) is 10.2. The average Bonchev–Trinajstić information content (AvgIpc) is 3.37. The second-order valence-corrected chi connectivity index (χ2v) is 7.83. The minimum Gasteiger partial charge on any atom is -0.341 e. The van der Waals surface area contributed by atoms with Gasteiger partial charge in [0.05, 0.1) is 6.21 Å². The Bertz CT molecular complexity index is 808. The fourth-order valence-electron chi connectivity index (χ4n) is 4.07. The normalized spacial score (nSPS) is 17.1. The van der Waals surface area contributed by atoms with E-state index in [1.807, 2.05) is 6.21 Å². The number of aryl methyl sites for hydroxylation is 3. The minimum atomic E-state index is 0.512. The number of rotatable bonds is 5. The summed E-state index contributed by atoms with van der Waals surface area (Å²) in [5.41, 5.74) is 7.88. The molecule has 2 saturated heterocycles. The predicted octanol–water partition coefficient (Wildman–Crippen LogP) is 3.44. The Balaban J connectivity index is 1.58. The van der Waals surface area contributed by atoms with Crippen LogP contribution in [0.4, 0.5) is 17.8 Å². The SMILES string of the molecule is Cc1cc(C)c(C=NNc2nc(N3CCCC3)nc(N3CCCC3)n2)c(C)c1. The highest BCUT2D eigenvalue weighted by Crippen LogP contribution is 2.23. The predicted molar refractivity (Wildman–Crippen MR) is 115 cm³/mol. The van der Waals surface area contributed by atoms with Crippen LogP contribution in [0, 0.1) is 20.8 Å². The van der Waals surface area contributed by atoms with E-state index in [1.54, 1.807) is 0 Å². The lowest BCUT2D eigenvalue weighted by Crippen LogP contribution is -2.25. The fraction of sp³-hybridized carbons (Fsp3) is 0.524. The van der Waals surface area contributed by atoms with E-state index in [4.69, 9.17) is 4.98 Å². The largest absolute Gasteiger partial charge is 0.341 e. The Morgan fingerprint density at radius 2 is 1.32 bits per heavy atom. The molecule has 0 atom stereocenters. The van der Waals surface area contributed by atoms with Crippen LogP contribution in [0.25, 0.3) is 0 Å². The Kier molecular flexibility index (Phi) is 5.41. The number of hydrazone groups is 1. The van der Waals surface area contributed by atoms with Crippen LogP contribution in [0.2, 0.25) is 0 Å². The highest BCUT2D eigenvalue weighted by molar-refractivity contribution is 5.84. The van der Waals surface area contributed by atoms with Crippen molar-refractivity contribution in [2.75, 3.05) is 41.4 Å². The molecule has 148 valence electrons. The summed E-state index contributed by atoms with van der Waals surface area (Å²) in [5.74, 6) is 2.03. The minimum absolute atomic E-state index is 0.512. The zero-order valence-corrected chi connectivity index (χ0v) is 17.1. The number of anilines is 3. The lowest BCUT2D eigenvalue weighted by Gasteiger charge is -2.20. The maximum absolute atomic E-state index is 4.74. The van der Waals surface area contributed by atoms with Gasteiger partial charge >= 0.3 is 0 Å². The van der Waals surface area contributed by atoms with Crippen molar-refractivity contribution in [2.45, 2.75) is 46.5 Å². The summed E-state index contributed by atoms with van der Waals surface area (Å²) < 4.78 is 0. The van der Waals surface area contributed by atoms with E-state index in [9.17, 15) is 0 Å². The van der Waals surface area contributed by atoms with E-state index in [1.165, 1.54) is 42.4 Å². The molecule has 3 heterocycles. The molecule has 0 aliphatic carbocycles. The van der Waals surface area contributed by atoms with Gasteiger partial charge in [-0.05, 0) is 57.6 Å². The van der Waals surface area contributed by atoms with Crippen LogP contribution >= 0.6 is 0 Å². The Labute approximate surface area is 166 Å². The third-order valence-corrected chi connectivity index (χ3v) is 5.49. The van der Waals surface area contributed by atoms with Gasteiger partial charge in [-0.3, -0.25) is 0 Å². The number of nitrogens with one attached hydrogen (secondary N) is 1. The van der Waals surface area contributed by atoms with Crippen LogP contribution in [0.3, 0.4) is 0 Å². The van der Waals surface area contributed by atoms with Crippen molar-refractivity contribution in [2.24, 2.45) is 5.10 Å². The smallest absolute Gasteiger partial charge is 0.250 e. The molecule has 2 fully saturated rings. The molecule has 1 aromatic heterocycles. The van der Waals surface area contributed by atoms with Gasteiger partial charge in [0.2, 0.25) is 17.8 Å². The number of benzene rings is 1. The highest BCUT2D eigenvalue weighted by Gasteiger charge is 2.21. The molecular formula is C21H29N7. The summed E-state index contributed by atoms with van der Waals surface area (Å²) in [5, 5.41) is 4.43. The Morgan fingerprint density at radius 1 is 0.821 bits per heavy atom. The third kappa shape index (κ3) is 4.08. The first-order valence-electron chi connectivity index (χ1n) is 10.2. The third-order valence-electron chi connectivity index (χ3n) is 5.49. The lowest BCUT2D eigenvalue weighted by atomic mass is 10.0. The van der Waals surface area contributed by atoms with Gasteiger partial charge in [-0.15, -0.1) is 0 Å². The van der Waals surface area contributed by atoms with Gasteiger partial charge in [0.15, 0.2) is 0 Å². The molecule has 7 nitrogen and oxygen atoms in total. The molecule has 1 N–H and O–H groups in total. The molecule has 0 spiro atoms. The summed E-state index contributed by atoms with van der Waals surface area (Å²) in [6.45, 7) is 10.4. The molecule has 1 aromatic carbocycles. The first-order chi connectivity index (χ1) is 13.6.